The zero-order chi connectivity index (χ0) is 12.3. The van der Waals surface area contributed by atoms with Crippen molar-refractivity contribution in [1.29, 1.82) is 0 Å². The Hall–Kier alpha value is -0.790. The predicted molar refractivity (Wildman–Crippen MR) is 66.4 cm³/mol. The predicted octanol–water partition coefficient (Wildman–Crippen LogP) is 3.32. The van der Waals surface area contributed by atoms with E-state index in [4.69, 9.17) is 4.74 Å². The Morgan fingerprint density at radius 2 is 2.12 bits per heavy atom. The van der Waals surface area contributed by atoms with Crippen LogP contribution in [0.1, 0.15) is 46.0 Å². The number of hydrogen-bond donors (Lipinski definition) is 0. The van der Waals surface area contributed by atoms with E-state index in [1.807, 2.05) is 0 Å². The van der Waals surface area contributed by atoms with Crippen LogP contribution in [-0.2, 0) is 9.53 Å². The molecular formula is C15H22O2. The molecule has 2 heteroatoms. The van der Waals surface area contributed by atoms with Crippen molar-refractivity contribution in [3.05, 3.63) is 12.2 Å². The monoisotopic (exact) mass is 234 g/mol. The lowest BCUT2D eigenvalue weighted by Gasteiger charge is -2.54. The van der Waals surface area contributed by atoms with Crippen molar-refractivity contribution in [2.75, 3.05) is 6.61 Å². The number of carbonyl (C=O) groups excluding carboxylic acids is 1. The van der Waals surface area contributed by atoms with Crippen molar-refractivity contribution in [3.63, 3.8) is 0 Å². The average Bonchev–Trinajstić information content (AvgIpc) is 2.57. The molecule has 0 aromatic rings. The number of carbonyl (C=O) groups is 1. The van der Waals surface area contributed by atoms with Crippen molar-refractivity contribution < 1.29 is 9.53 Å². The SMILES string of the molecule is C=C1CC[C@H]2C(C)(C)CCCC23C(=O)OC[C@@H]13. The Balaban J connectivity index is 2.09. The highest BCUT2D eigenvalue weighted by atomic mass is 16.5. The van der Waals surface area contributed by atoms with Gasteiger partial charge in [-0.2, -0.15) is 0 Å². The number of cyclic esters (lactones) is 1. The van der Waals surface area contributed by atoms with Crippen LogP contribution in [0.3, 0.4) is 0 Å². The summed E-state index contributed by atoms with van der Waals surface area (Å²) in [5.41, 5.74) is 1.32. The van der Waals surface area contributed by atoms with Crippen LogP contribution in [0.2, 0.25) is 0 Å². The molecule has 17 heavy (non-hydrogen) atoms. The molecule has 1 heterocycles. The first kappa shape index (κ1) is 11.3. The summed E-state index contributed by atoms with van der Waals surface area (Å²) in [6.45, 7) is 9.44. The maximum absolute atomic E-state index is 12.3. The maximum Gasteiger partial charge on any atom is 0.313 e. The summed E-state index contributed by atoms with van der Waals surface area (Å²) in [5, 5.41) is 0. The van der Waals surface area contributed by atoms with Gasteiger partial charge in [0.05, 0.1) is 12.0 Å². The van der Waals surface area contributed by atoms with Gasteiger partial charge in [-0.25, -0.2) is 0 Å². The zero-order valence-corrected chi connectivity index (χ0v) is 10.9. The molecule has 0 radical (unpaired) electrons. The van der Waals surface area contributed by atoms with Gasteiger partial charge in [-0.1, -0.05) is 32.4 Å². The van der Waals surface area contributed by atoms with Crippen molar-refractivity contribution in [3.8, 4) is 0 Å². The highest BCUT2D eigenvalue weighted by Crippen LogP contribution is 2.63. The minimum atomic E-state index is -0.211. The van der Waals surface area contributed by atoms with Gasteiger partial charge in [0.15, 0.2) is 0 Å². The first-order valence-corrected chi connectivity index (χ1v) is 6.83. The third-order valence-electron chi connectivity index (χ3n) is 5.61. The molecule has 0 N–H and O–H groups in total. The number of esters is 1. The fourth-order valence-electron chi connectivity index (χ4n) is 4.76. The van der Waals surface area contributed by atoms with Crippen LogP contribution in [0.25, 0.3) is 0 Å². The molecule has 2 saturated carbocycles. The summed E-state index contributed by atoms with van der Waals surface area (Å²) in [7, 11) is 0. The average molecular weight is 234 g/mol. The van der Waals surface area contributed by atoms with E-state index in [9.17, 15) is 4.79 Å². The van der Waals surface area contributed by atoms with Crippen LogP contribution in [0, 0.1) is 22.7 Å². The third-order valence-corrected chi connectivity index (χ3v) is 5.61. The van der Waals surface area contributed by atoms with Gasteiger partial charge in [-0.15, -0.1) is 0 Å². The molecule has 94 valence electrons. The van der Waals surface area contributed by atoms with E-state index in [2.05, 4.69) is 20.4 Å². The molecular weight excluding hydrogens is 212 g/mol. The minimum Gasteiger partial charge on any atom is -0.465 e. The molecule has 3 aliphatic rings. The van der Waals surface area contributed by atoms with E-state index < -0.39 is 0 Å². The topological polar surface area (TPSA) is 26.3 Å². The standard InChI is InChI=1S/C15H22O2/c1-10-5-6-12-14(2,3)7-4-8-15(12)11(10)9-17-13(15)16/h11-12H,1,4-9H2,2-3H3/t11-,12-,15?/m0/s1. The van der Waals surface area contributed by atoms with Gasteiger partial charge in [-0.3, -0.25) is 4.79 Å². The molecule has 0 aromatic carbocycles. The lowest BCUT2D eigenvalue weighted by molar-refractivity contribution is -0.157. The summed E-state index contributed by atoms with van der Waals surface area (Å²) in [5.74, 6) is 0.865. The Kier molecular flexibility index (Phi) is 2.24. The third kappa shape index (κ3) is 1.30. The Morgan fingerprint density at radius 3 is 2.88 bits per heavy atom. The molecule has 2 nitrogen and oxygen atoms in total. The first-order valence-electron chi connectivity index (χ1n) is 6.83. The van der Waals surface area contributed by atoms with Crippen LogP contribution in [0.4, 0.5) is 0 Å². The lowest BCUT2D eigenvalue weighted by atomic mass is 9.48. The second-order valence-corrected chi connectivity index (χ2v) is 6.78. The van der Waals surface area contributed by atoms with Gasteiger partial charge < -0.3 is 4.74 Å². The second kappa shape index (κ2) is 3.37. The van der Waals surface area contributed by atoms with E-state index in [1.54, 1.807) is 0 Å². The Bertz CT molecular complexity index is 382. The summed E-state index contributed by atoms with van der Waals surface area (Å²) < 4.78 is 5.42. The highest BCUT2D eigenvalue weighted by Gasteiger charge is 2.63. The van der Waals surface area contributed by atoms with Gasteiger partial charge >= 0.3 is 5.97 Å². The molecule has 3 atom stereocenters. The molecule has 3 fully saturated rings. The first-order chi connectivity index (χ1) is 7.98. The molecule has 0 bridgehead atoms. The lowest BCUT2D eigenvalue weighted by Crippen LogP contribution is -2.52. The van der Waals surface area contributed by atoms with Gasteiger partial charge in [0.2, 0.25) is 0 Å². The van der Waals surface area contributed by atoms with Crippen LogP contribution < -0.4 is 0 Å². The molecule has 1 unspecified atom stereocenters. The molecule has 1 saturated heterocycles. The fraction of sp³-hybridized carbons (Fsp3) is 0.800. The van der Waals surface area contributed by atoms with Gasteiger partial charge in [0.1, 0.15) is 0 Å². The smallest absolute Gasteiger partial charge is 0.313 e. The molecule has 0 amide bonds. The summed E-state index contributed by atoms with van der Waals surface area (Å²) in [6.07, 6.45) is 5.62. The zero-order valence-electron chi connectivity index (χ0n) is 10.9. The van der Waals surface area contributed by atoms with E-state index in [1.165, 1.54) is 12.0 Å². The summed E-state index contributed by atoms with van der Waals surface area (Å²) >= 11 is 0. The molecule has 2 aliphatic carbocycles. The molecule has 1 spiro atoms. The van der Waals surface area contributed by atoms with E-state index in [0.717, 1.165) is 25.7 Å². The highest BCUT2D eigenvalue weighted by molar-refractivity contribution is 5.81. The van der Waals surface area contributed by atoms with Crippen LogP contribution >= 0.6 is 0 Å². The Labute approximate surface area is 103 Å². The van der Waals surface area contributed by atoms with Crippen molar-refractivity contribution >= 4 is 5.97 Å². The number of hydrogen-bond acceptors (Lipinski definition) is 2. The minimum absolute atomic E-state index is 0.0705. The number of rotatable bonds is 0. The second-order valence-electron chi connectivity index (χ2n) is 6.78. The van der Waals surface area contributed by atoms with Gasteiger partial charge in [0, 0.05) is 5.92 Å². The molecule has 3 rings (SSSR count). The number of ether oxygens (including phenoxy) is 1. The van der Waals surface area contributed by atoms with Crippen molar-refractivity contribution in [1.82, 2.24) is 0 Å². The Morgan fingerprint density at radius 1 is 1.35 bits per heavy atom. The molecule has 0 aromatic heterocycles. The normalized spacial score (nSPS) is 43.9. The van der Waals surface area contributed by atoms with E-state index >= 15 is 0 Å². The van der Waals surface area contributed by atoms with Crippen molar-refractivity contribution in [2.45, 2.75) is 46.0 Å². The van der Waals surface area contributed by atoms with Crippen LogP contribution in [-0.4, -0.2) is 12.6 Å². The largest absolute Gasteiger partial charge is 0.465 e. The summed E-state index contributed by atoms with van der Waals surface area (Å²) in [6, 6.07) is 0. The molecule has 1 aliphatic heterocycles. The van der Waals surface area contributed by atoms with E-state index in [-0.39, 0.29) is 16.8 Å². The van der Waals surface area contributed by atoms with Crippen molar-refractivity contribution in [2.24, 2.45) is 22.7 Å². The van der Waals surface area contributed by atoms with Crippen LogP contribution in [0.15, 0.2) is 12.2 Å². The van der Waals surface area contributed by atoms with E-state index in [0.29, 0.717) is 18.4 Å². The van der Waals surface area contributed by atoms with Gasteiger partial charge in [0.25, 0.3) is 0 Å². The quantitative estimate of drug-likeness (QED) is 0.475. The summed E-state index contributed by atoms with van der Waals surface area (Å²) in [4.78, 5) is 12.3. The fourth-order valence-corrected chi connectivity index (χ4v) is 4.76. The van der Waals surface area contributed by atoms with Crippen LogP contribution in [0.5, 0.6) is 0 Å². The maximum atomic E-state index is 12.3. The van der Waals surface area contributed by atoms with Gasteiger partial charge in [-0.05, 0) is 37.0 Å².